The minimum atomic E-state index is 0.454. The van der Waals surface area contributed by atoms with Gasteiger partial charge in [0, 0.05) is 6.42 Å². The molecule has 0 saturated heterocycles. The predicted octanol–water partition coefficient (Wildman–Crippen LogP) is 3.00. The largest absolute Gasteiger partial charge is 0.379 e. The summed E-state index contributed by atoms with van der Waals surface area (Å²) in [5.74, 6) is 0. The summed E-state index contributed by atoms with van der Waals surface area (Å²) in [7, 11) is 0. The molecule has 0 amide bonds. The first-order valence-electron chi connectivity index (χ1n) is 6.97. The van der Waals surface area contributed by atoms with E-state index in [1.165, 1.54) is 16.3 Å². The molecule has 0 aromatic heterocycles. The van der Waals surface area contributed by atoms with E-state index in [2.05, 4.69) is 42.5 Å². The highest BCUT2D eigenvalue weighted by molar-refractivity contribution is 5.85. The van der Waals surface area contributed by atoms with Crippen molar-refractivity contribution in [2.24, 2.45) is 0 Å². The molecular formula is C17H20O3. The molecule has 2 aromatic rings. The Morgan fingerprint density at radius 2 is 1.60 bits per heavy atom. The number of hydrogen-bond acceptors (Lipinski definition) is 3. The maximum atomic E-state index is 10.1. The highest BCUT2D eigenvalue weighted by Crippen LogP contribution is 2.18. The minimum Gasteiger partial charge on any atom is -0.379 e. The van der Waals surface area contributed by atoms with Gasteiger partial charge >= 0.3 is 0 Å². The number of carbonyl (C=O) groups excluding carboxylic acids is 1. The van der Waals surface area contributed by atoms with Crippen LogP contribution in [0.1, 0.15) is 12.0 Å². The fourth-order valence-electron chi connectivity index (χ4n) is 2.15. The fraction of sp³-hybridized carbons (Fsp3) is 0.353. The molecular weight excluding hydrogens is 252 g/mol. The summed E-state index contributed by atoms with van der Waals surface area (Å²) < 4.78 is 10.8. The van der Waals surface area contributed by atoms with Crippen LogP contribution in [0.4, 0.5) is 0 Å². The first kappa shape index (κ1) is 14.7. The van der Waals surface area contributed by atoms with Crippen LogP contribution in [0.3, 0.4) is 0 Å². The van der Waals surface area contributed by atoms with Crippen molar-refractivity contribution in [3.63, 3.8) is 0 Å². The van der Waals surface area contributed by atoms with Crippen LogP contribution in [0.5, 0.6) is 0 Å². The second kappa shape index (κ2) is 8.46. The van der Waals surface area contributed by atoms with Gasteiger partial charge in [-0.15, -0.1) is 0 Å². The molecule has 2 aromatic carbocycles. The van der Waals surface area contributed by atoms with Gasteiger partial charge in [0.2, 0.25) is 0 Å². The molecule has 0 N–H and O–H groups in total. The number of aldehydes is 1. The Bertz CT molecular complexity index is 531. The number of rotatable bonds is 9. The van der Waals surface area contributed by atoms with Crippen molar-refractivity contribution in [1.82, 2.24) is 0 Å². The highest BCUT2D eigenvalue weighted by Gasteiger charge is 2.00. The summed E-state index contributed by atoms with van der Waals surface area (Å²) in [6.07, 6.45) is 2.22. The van der Waals surface area contributed by atoms with E-state index in [4.69, 9.17) is 9.47 Å². The fourth-order valence-corrected chi connectivity index (χ4v) is 2.15. The zero-order chi connectivity index (χ0) is 14.0. The number of fused-ring (bicyclic) bond motifs is 1. The van der Waals surface area contributed by atoms with Crippen LogP contribution in [-0.2, 0) is 20.7 Å². The first-order chi connectivity index (χ1) is 9.92. The Morgan fingerprint density at radius 1 is 0.850 bits per heavy atom. The molecule has 3 heteroatoms. The summed E-state index contributed by atoms with van der Waals surface area (Å²) in [5.41, 5.74) is 1.31. The lowest BCUT2D eigenvalue weighted by Crippen LogP contribution is -2.07. The lowest BCUT2D eigenvalue weighted by atomic mass is 10.0. The Balaban J connectivity index is 1.72. The van der Waals surface area contributed by atoms with E-state index in [9.17, 15) is 4.79 Å². The molecule has 0 spiro atoms. The van der Waals surface area contributed by atoms with Gasteiger partial charge in [0.15, 0.2) is 0 Å². The molecule has 0 aliphatic carbocycles. The van der Waals surface area contributed by atoms with Crippen molar-refractivity contribution in [2.75, 3.05) is 26.4 Å². The normalized spacial score (nSPS) is 10.8. The first-order valence-corrected chi connectivity index (χ1v) is 6.97. The molecule has 20 heavy (non-hydrogen) atoms. The van der Waals surface area contributed by atoms with Crippen molar-refractivity contribution < 1.29 is 14.3 Å². The van der Waals surface area contributed by atoms with Crippen LogP contribution in [-0.4, -0.2) is 32.7 Å². The van der Waals surface area contributed by atoms with Gasteiger partial charge in [-0.3, -0.25) is 0 Å². The zero-order valence-corrected chi connectivity index (χ0v) is 11.6. The molecule has 0 aliphatic heterocycles. The summed E-state index contributed by atoms with van der Waals surface area (Å²) >= 11 is 0. The average molecular weight is 272 g/mol. The van der Waals surface area contributed by atoms with E-state index in [1.807, 2.05) is 0 Å². The van der Waals surface area contributed by atoms with E-state index < -0.39 is 0 Å². The van der Waals surface area contributed by atoms with Gasteiger partial charge < -0.3 is 14.3 Å². The lowest BCUT2D eigenvalue weighted by Gasteiger charge is -2.07. The quantitative estimate of drug-likeness (QED) is 0.520. The standard InChI is InChI=1S/C17H20O3/c18-10-4-11-19-13-14-20-12-9-16-7-3-6-15-5-1-2-8-17(15)16/h1-3,5-8,10H,4,9,11-14H2. The van der Waals surface area contributed by atoms with Gasteiger partial charge in [-0.05, 0) is 22.8 Å². The lowest BCUT2D eigenvalue weighted by molar-refractivity contribution is -0.108. The SMILES string of the molecule is O=CCCOCCOCCc1cccc2ccccc12. The second-order valence-electron chi connectivity index (χ2n) is 4.57. The minimum absolute atomic E-state index is 0.454. The Morgan fingerprint density at radius 3 is 2.45 bits per heavy atom. The van der Waals surface area contributed by atoms with Crippen molar-refractivity contribution in [1.29, 1.82) is 0 Å². The van der Waals surface area contributed by atoms with Gasteiger partial charge in [-0.25, -0.2) is 0 Å². The summed E-state index contributed by atoms with van der Waals surface area (Å²) in [6.45, 7) is 2.29. The third-order valence-corrected chi connectivity index (χ3v) is 3.15. The van der Waals surface area contributed by atoms with Crippen LogP contribution in [0.2, 0.25) is 0 Å². The van der Waals surface area contributed by atoms with Crippen LogP contribution >= 0.6 is 0 Å². The van der Waals surface area contributed by atoms with Gasteiger partial charge in [0.1, 0.15) is 6.29 Å². The molecule has 0 saturated carbocycles. The summed E-state index contributed by atoms with van der Waals surface area (Å²) in [4.78, 5) is 10.1. The van der Waals surface area contributed by atoms with Crippen LogP contribution < -0.4 is 0 Å². The number of hydrogen-bond donors (Lipinski definition) is 0. The van der Waals surface area contributed by atoms with Gasteiger partial charge in [0.25, 0.3) is 0 Å². The smallest absolute Gasteiger partial charge is 0.122 e. The molecule has 106 valence electrons. The molecule has 0 heterocycles. The molecule has 0 atom stereocenters. The summed E-state index contributed by atoms with van der Waals surface area (Å²) in [6, 6.07) is 14.7. The van der Waals surface area contributed by atoms with Gasteiger partial charge in [-0.1, -0.05) is 42.5 Å². The monoisotopic (exact) mass is 272 g/mol. The third-order valence-electron chi connectivity index (χ3n) is 3.15. The topological polar surface area (TPSA) is 35.5 Å². The zero-order valence-electron chi connectivity index (χ0n) is 11.6. The Labute approximate surface area is 119 Å². The molecule has 0 fully saturated rings. The molecule has 0 radical (unpaired) electrons. The van der Waals surface area contributed by atoms with E-state index in [0.717, 1.165) is 12.7 Å². The van der Waals surface area contributed by atoms with Crippen molar-refractivity contribution >= 4 is 17.1 Å². The van der Waals surface area contributed by atoms with Crippen molar-refractivity contribution in [3.05, 3.63) is 48.0 Å². The van der Waals surface area contributed by atoms with E-state index in [0.29, 0.717) is 32.8 Å². The van der Waals surface area contributed by atoms with Crippen LogP contribution in [0, 0.1) is 0 Å². The maximum absolute atomic E-state index is 10.1. The van der Waals surface area contributed by atoms with Crippen LogP contribution in [0.25, 0.3) is 10.8 Å². The molecule has 3 nitrogen and oxygen atoms in total. The van der Waals surface area contributed by atoms with E-state index in [-0.39, 0.29) is 0 Å². The second-order valence-corrected chi connectivity index (χ2v) is 4.57. The predicted molar refractivity (Wildman–Crippen MR) is 80.0 cm³/mol. The Hall–Kier alpha value is -1.71. The van der Waals surface area contributed by atoms with Gasteiger partial charge in [-0.2, -0.15) is 0 Å². The number of benzene rings is 2. The number of carbonyl (C=O) groups is 1. The molecule has 0 unspecified atom stereocenters. The van der Waals surface area contributed by atoms with Gasteiger partial charge in [0.05, 0.1) is 26.4 Å². The van der Waals surface area contributed by atoms with E-state index >= 15 is 0 Å². The van der Waals surface area contributed by atoms with Crippen LogP contribution in [0.15, 0.2) is 42.5 Å². The Kier molecular flexibility index (Phi) is 6.21. The number of ether oxygens (including phenoxy) is 2. The molecule has 2 rings (SSSR count). The highest BCUT2D eigenvalue weighted by atomic mass is 16.5. The average Bonchev–Trinajstić information content (AvgIpc) is 2.50. The van der Waals surface area contributed by atoms with Crippen molar-refractivity contribution in [2.45, 2.75) is 12.8 Å². The van der Waals surface area contributed by atoms with Crippen molar-refractivity contribution in [3.8, 4) is 0 Å². The third kappa shape index (κ3) is 4.44. The van der Waals surface area contributed by atoms with E-state index in [1.54, 1.807) is 0 Å². The maximum Gasteiger partial charge on any atom is 0.122 e. The summed E-state index contributed by atoms with van der Waals surface area (Å²) in [5, 5.41) is 2.56. The molecule has 0 bridgehead atoms. The molecule has 0 aliphatic rings.